The van der Waals surface area contributed by atoms with Gasteiger partial charge in [-0.3, -0.25) is 4.79 Å². The van der Waals surface area contributed by atoms with E-state index in [0.29, 0.717) is 11.4 Å². The number of carbonyl (C=O) groups excluding carboxylic acids is 1. The number of amides is 1. The van der Waals surface area contributed by atoms with Crippen molar-refractivity contribution in [2.75, 3.05) is 11.9 Å². The Hall–Kier alpha value is -0.580. The molecule has 1 aromatic rings. The highest BCUT2D eigenvalue weighted by Crippen LogP contribution is 2.26. The summed E-state index contributed by atoms with van der Waals surface area (Å²) in [5.41, 5.74) is 0.743. The van der Waals surface area contributed by atoms with Gasteiger partial charge in [-0.05, 0) is 53.4 Å². The summed E-state index contributed by atoms with van der Waals surface area (Å²) in [7, 11) is 0. The van der Waals surface area contributed by atoms with Crippen LogP contribution in [0, 0.1) is 0 Å². The Morgan fingerprint density at radius 3 is 3.00 bits per heavy atom. The molecule has 1 heterocycles. The molecule has 0 spiro atoms. The van der Waals surface area contributed by atoms with Gasteiger partial charge in [0.15, 0.2) is 0 Å². The van der Waals surface area contributed by atoms with E-state index in [1.165, 1.54) is 0 Å². The minimum absolute atomic E-state index is 0.0175. The molecular weight excluding hydrogens is 318 g/mol. The second kappa shape index (κ2) is 6.55. The molecule has 0 radical (unpaired) electrons. The van der Waals surface area contributed by atoms with Gasteiger partial charge in [-0.2, -0.15) is 0 Å². The van der Waals surface area contributed by atoms with Crippen LogP contribution in [-0.2, 0) is 9.53 Å². The Bertz CT molecular complexity index is 433. The van der Waals surface area contributed by atoms with Gasteiger partial charge in [0, 0.05) is 16.8 Å². The van der Waals surface area contributed by atoms with Crippen LogP contribution in [0.1, 0.15) is 25.7 Å². The first-order valence-electron chi connectivity index (χ1n) is 6.01. The summed E-state index contributed by atoms with van der Waals surface area (Å²) >= 11 is 9.22. The maximum Gasteiger partial charge on any atom is 0.226 e. The van der Waals surface area contributed by atoms with Gasteiger partial charge in [0.1, 0.15) is 0 Å². The Balaban J connectivity index is 1.88. The quantitative estimate of drug-likeness (QED) is 0.908. The van der Waals surface area contributed by atoms with Gasteiger partial charge in [-0.25, -0.2) is 0 Å². The van der Waals surface area contributed by atoms with E-state index in [-0.39, 0.29) is 12.0 Å². The molecule has 3 nitrogen and oxygen atoms in total. The number of benzene rings is 1. The highest BCUT2D eigenvalue weighted by Gasteiger charge is 2.17. The zero-order chi connectivity index (χ0) is 13.0. The summed E-state index contributed by atoms with van der Waals surface area (Å²) in [6.07, 6.45) is 3.69. The lowest BCUT2D eigenvalue weighted by molar-refractivity contribution is -0.119. The lowest BCUT2D eigenvalue weighted by Gasteiger charge is -2.21. The third-order valence-electron chi connectivity index (χ3n) is 2.89. The van der Waals surface area contributed by atoms with E-state index in [1.807, 2.05) is 0 Å². The molecule has 0 aliphatic carbocycles. The van der Waals surface area contributed by atoms with Crippen LogP contribution in [0.2, 0.25) is 5.02 Å². The fraction of sp³-hybridized carbons (Fsp3) is 0.462. The van der Waals surface area contributed by atoms with Crippen molar-refractivity contribution in [2.45, 2.75) is 31.8 Å². The third kappa shape index (κ3) is 3.97. The minimum atomic E-state index is -0.0175. The molecule has 1 fully saturated rings. The van der Waals surface area contributed by atoms with E-state index in [1.54, 1.807) is 18.2 Å². The van der Waals surface area contributed by atoms with Gasteiger partial charge in [-0.1, -0.05) is 11.6 Å². The van der Waals surface area contributed by atoms with Gasteiger partial charge in [0.25, 0.3) is 0 Å². The van der Waals surface area contributed by atoms with Crippen LogP contribution in [0.3, 0.4) is 0 Å². The van der Waals surface area contributed by atoms with Crippen molar-refractivity contribution in [3.8, 4) is 0 Å². The van der Waals surface area contributed by atoms with E-state index in [0.717, 1.165) is 36.0 Å². The molecule has 1 aromatic carbocycles. The van der Waals surface area contributed by atoms with E-state index in [4.69, 9.17) is 16.3 Å². The number of carbonyl (C=O) groups is 1. The smallest absolute Gasteiger partial charge is 0.226 e. The zero-order valence-electron chi connectivity index (χ0n) is 9.92. The molecule has 0 bridgehead atoms. The average molecular weight is 333 g/mol. The van der Waals surface area contributed by atoms with Gasteiger partial charge in [0.05, 0.1) is 17.5 Å². The molecule has 5 heteroatoms. The van der Waals surface area contributed by atoms with Crippen LogP contribution in [0.25, 0.3) is 0 Å². The van der Waals surface area contributed by atoms with E-state index < -0.39 is 0 Å². The normalized spacial score (nSPS) is 19.6. The van der Waals surface area contributed by atoms with Crippen molar-refractivity contribution in [1.29, 1.82) is 0 Å². The minimum Gasteiger partial charge on any atom is -0.378 e. The molecule has 98 valence electrons. The van der Waals surface area contributed by atoms with Crippen LogP contribution in [0.5, 0.6) is 0 Å². The predicted molar refractivity (Wildman–Crippen MR) is 76.0 cm³/mol. The Labute approximate surface area is 120 Å². The van der Waals surface area contributed by atoms with Crippen molar-refractivity contribution >= 4 is 39.1 Å². The molecule has 0 aromatic heterocycles. The zero-order valence-corrected chi connectivity index (χ0v) is 12.3. The molecule has 18 heavy (non-hydrogen) atoms. The molecule has 0 saturated carbocycles. The fourth-order valence-corrected chi connectivity index (χ4v) is 2.46. The monoisotopic (exact) mass is 331 g/mol. The van der Waals surface area contributed by atoms with Crippen molar-refractivity contribution in [2.24, 2.45) is 0 Å². The van der Waals surface area contributed by atoms with Crippen molar-refractivity contribution in [3.63, 3.8) is 0 Å². The molecule has 2 rings (SSSR count). The molecule has 1 saturated heterocycles. The van der Waals surface area contributed by atoms with Gasteiger partial charge in [0.2, 0.25) is 5.91 Å². The molecule has 1 atom stereocenters. The lowest BCUT2D eigenvalue weighted by Crippen LogP contribution is -2.25. The first-order chi connectivity index (χ1) is 8.65. The number of halogens is 2. The second-order valence-electron chi connectivity index (χ2n) is 4.37. The van der Waals surface area contributed by atoms with Crippen molar-refractivity contribution in [1.82, 2.24) is 0 Å². The van der Waals surface area contributed by atoms with Gasteiger partial charge in [-0.15, -0.1) is 0 Å². The summed E-state index contributed by atoms with van der Waals surface area (Å²) in [5.74, 6) is -0.0175. The molecule has 1 aliphatic heterocycles. The van der Waals surface area contributed by atoms with Crippen LogP contribution in [0.15, 0.2) is 22.7 Å². The molecule has 1 aliphatic rings. The highest BCUT2D eigenvalue weighted by atomic mass is 79.9. The number of ether oxygens (including phenoxy) is 1. The Kier molecular flexibility index (Phi) is 5.03. The standard InChI is InChI=1S/C13H15BrClNO2/c14-11-7-9(4-5-12(11)15)16-13(17)8-10-3-1-2-6-18-10/h4-5,7,10H,1-3,6,8H2,(H,16,17). The van der Waals surface area contributed by atoms with E-state index >= 15 is 0 Å². The lowest BCUT2D eigenvalue weighted by atomic mass is 10.1. The van der Waals surface area contributed by atoms with Crippen molar-refractivity contribution < 1.29 is 9.53 Å². The average Bonchev–Trinajstić information content (AvgIpc) is 2.35. The largest absolute Gasteiger partial charge is 0.378 e. The SMILES string of the molecule is O=C(CC1CCCCO1)Nc1ccc(Cl)c(Br)c1. The summed E-state index contributed by atoms with van der Waals surface area (Å²) in [6.45, 7) is 0.768. The fourth-order valence-electron chi connectivity index (χ4n) is 1.96. The summed E-state index contributed by atoms with van der Waals surface area (Å²) < 4.78 is 6.31. The third-order valence-corrected chi connectivity index (χ3v) is 4.10. The summed E-state index contributed by atoms with van der Waals surface area (Å²) in [4.78, 5) is 11.8. The maximum absolute atomic E-state index is 11.8. The van der Waals surface area contributed by atoms with Crippen LogP contribution in [-0.4, -0.2) is 18.6 Å². The molecule has 1 unspecified atom stereocenters. The first-order valence-corrected chi connectivity index (χ1v) is 7.19. The predicted octanol–water partition coefficient (Wildman–Crippen LogP) is 4.00. The van der Waals surface area contributed by atoms with Crippen LogP contribution in [0.4, 0.5) is 5.69 Å². The Morgan fingerprint density at radius 1 is 1.50 bits per heavy atom. The number of hydrogen-bond donors (Lipinski definition) is 1. The molecule has 1 N–H and O–H groups in total. The van der Waals surface area contributed by atoms with E-state index in [9.17, 15) is 4.79 Å². The number of nitrogens with one attached hydrogen (secondary N) is 1. The van der Waals surface area contributed by atoms with Gasteiger partial charge >= 0.3 is 0 Å². The first kappa shape index (κ1) is 13.8. The van der Waals surface area contributed by atoms with Gasteiger partial charge < -0.3 is 10.1 Å². The van der Waals surface area contributed by atoms with Crippen LogP contribution < -0.4 is 5.32 Å². The summed E-state index contributed by atoms with van der Waals surface area (Å²) in [5, 5.41) is 3.48. The topological polar surface area (TPSA) is 38.3 Å². The molecule has 1 amide bonds. The Morgan fingerprint density at radius 2 is 2.33 bits per heavy atom. The van der Waals surface area contributed by atoms with Crippen LogP contribution >= 0.6 is 27.5 Å². The van der Waals surface area contributed by atoms with E-state index in [2.05, 4.69) is 21.2 Å². The number of rotatable bonds is 3. The molecular formula is C13H15BrClNO2. The number of hydrogen-bond acceptors (Lipinski definition) is 2. The van der Waals surface area contributed by atoms with Crippen molar-refractivity contribution in [3.05, 3.63) is 27.7 Å². The highest BCUT2D eigenvalue weighted by molar-refractivity contribution is 9.10. The number of anilines is 1. The summed E-state index contributed by atoms with van der Waals surface area (Å²) in [6, 6.07) is 5.33. The second-order valence-corrected chi connectivity index (χ2v) is 5.63. The maximum atomic E-state index is 11.8.